The fraction of sp³-hybridized carbons (Fsp3) is 0.545. The van der Waals surface area contributed by atoms with Crippen molar-refractivity contribution < 1.29 is 9.53 Å². The minimum absolute atomic E-state index is 0.213. The lowest BCUT2D eigenvalue weighted by Crippen LogP contribution is -2.00. The predicted octanol–water partition coefficient (Wildman–Crippen LogP) is 3.52. The molecule has 0 aliphatic heterocycles. The van der Waals surface area contributed by atoms with Crippen LogP contribution in [-0.4, -0.2) is 12.4 Å². The second kappa shape index (κ2) is 5.81. The van der Waals surface area contributed by atoms with Crippen molar-refractivity contribution in [2.75, 3.05) is 6.61 Å². The molecule has 1 aromatic rings. The van der Waals surface area contributed by atoms with Crippen molar-refractivity contribution in [1.29, 1.82) is 0 Å². The Balaban J connectivity index is 2.63. The Morgan fingerprint density at radius 2 is 2.29 bits per heavy atom. The Labute approximate surface area is 88.9 Å². The highest BCUT2D eigenvalue weighted by molar-refractivity contribution is 7.12. The number of ketones is 1. The van der Waals surface area contributed by atoms with E-state index in [1.165, 1.54) is 11.3 Å². The minimum atomic E-state index is 0.213. The van der Waals surface area contributed by atoms with Gasteiger partial charge in [0.05, 0.1) is 6.61 Å². The normalized spacial score (nSPS) is 10.1. The summed E-state index contributed by atoms with van der Waals surface area (Å²) in [5.74, 6) is 0.962. The second-order valence-corrected chi connectivity index (χ2v) is 3.99. The molecule has 0 radical (unpaired) electrons. The summed E-state index contributed by atoms with van der Waals surface area (Å²) in [5.41, 5.74) is 0. The Morgan fingerprint density at radius 3 is 2.93 bits per heavy atom. The maximum atomic E-state index is 11.7. The third-order valence-electron chi connectivity index (χ3n) is 1.94. The number of hydrogen-bond acceptors (Lipinski definition) is 3. The smallest absolute Gasteiger partial charge is 0.176 e. The summed E-state index contributed by atoms with van der Waals surface area (Å²) < 4.78 is 5.37. The Hall–Kier alpha value is -0.830. The molecule has 0 saturated carbocycles. The molecule has 0 atom stereocenters. The van der Waals surface area contributed by atoms with Crippen molar-refractivity contribution in [3.63, 3.8) is 0 Å². The lowest BCUT2D eigenvalue weighted by Gasteiger charge is -2.03. The molecule has 3 heteroatoms. The molecule has 0 aliphatic rings. The van der Waals surface area contributed by atoms with Gasteiger partial charge in [0.2, 0.25) is 0 Å². The first-order valence-electron chi connectivity index (χ1n) is 5.03. The SMILES string of the molecule is CCCCC(=O)c1sccc1OCC. The van der Waals surface area contributed by atoms with Gasteiger partial charge in [-0.1, -0.05) is 13.3 Å². The van der Waals surface area contributed by atoms with Crippen LogP contribution in [0.3, 0.4) is 0 Å². The molecule has 1 aromatic heterocycles. The van der Waals surface area contributed by atoms with Crippen LogP contribution in [0.15, 0.2) is 11.4 Å². The number of rotatable bonds is 6. The van der Waals surface area contributed by atoms with E-state index < -0.39 is 0 Å². The van der Waals surface area contributed by atoms with Crippen molar-refractivity contribution in [2.45, 2.75) is 33.1 Å². The fourth-order valence-electron chi connectivity index (χ4n) is 1.22. The van der Waals surface area contributed by atoms with Crippen LogP contribution in [0.5, 0.6) is 5.75 Å². The third-order valence-corrected chi connectivity index (χ3v) is 2.88. The van der Waals surface area contributed by atoms with Crippen LogP contribution in [-0.2, 0) is 0 Å². The van der Waals surface area contributed by atoms with Gasteiger partial charge >= 0.3 is 0 Å². The van der Waals surface area contributed by atoms with Gasteiger partial charge < -0.3 is 4.74 Å². The highest BCUT2D eigenvalue weighted by Crippen LogP contribution is 2.26. The number of Topliss-reactive ketones (excluding diaryl/α,β-unsaturated/α-hetero) is 1. The monoisotopic (exact) mass is 212 g/mol. The van der Waals surface area contributed by atoms with Gasteiger partial charge in [0.1, 0.15) is 10.6 Å². The van der Waals surface area contributed by atoms with E-state index in [1.54, 1.807) is 0 Å². The molecule has 0 fully saturated rings. The van der Waals surface area contributed by atoms with Crippen LogP contribution >= 0.6 is 11.3 Å². The number of ether oxygens (including phenoxy) is 1. The average Bonchev–Trinajstić information content (AvgIpc) is 2.63. The van der Waals surface area contributed by atoms with Gasteiger partial charge in [-0.25, -0.2) is 0 Å². The number of hydrogen-bond donors (Lipinski definition) is 0. The van der Waals surface area contributed by atoms with E-state index in [1.807, 2.05) is 18.4 Å². The molecule has 0 aromatic carbocycles. The summed E-state index contributed by atoms with van der Waals surface area (Å²) in [5, 5.41) is 1.91. The maximum Gasteiger partial charge on any atom is 0.176 e. The number of carbonyl (C=O) groups excluding carboxylic acids is 1. The van der Waals surface area contributed by atoms with Gasteiger partial charge in [0.15, 0.2) is 5.78 Å². The van der Waals surface area contributed by atoms with E-state index in [0.29, 0.717) is 13.0 Å². The lowest BCUT2D eigenvalue weighted by atomic mass is 10.1. The Kier molecular flexibility index (Phi) is 4.66. The standard InChI is InChI=1S/C11H16O2S/c1-3-5-6-9(12)11-10(13-4-2)7-8-14-11/h7-8H,3-6H2,1-2H3. The van der Waals surface area contributed by atoms with Gasteiger partial charge in [-0.05, 0) is 24.8 Å². The molecule has 0 unspecified atom stereocenters. The quantitative estimate of drug-likeness (QED) is 0.674. The largest absolute Gasteiger partial charge is 0.492 e. The molecule has 14 heavy (non-hydrogen) atoms. The summed E-state index contributed by atoms with van der Waals surface area (Å²) >= 11 is 1.47. The second-order valence-electron chi connectivity index (χ2n) is 3.07. The summed E-state index contributed by atoms with van der Waals surface area (Å²) in [6.45, 7) is 4.63. The molecule has 78 valence electrons. The van der Waals surface area contributed by atoms with Crippen molar-refractivity contribution in [3.8, 4) is 5.75 Å². The molecule has 0 bridgehead atoms. The van der Waals surface area contributed by atoms with Crippen LogP contribution in [0.25, 0.3) is 0 Å². The van der Waals surface area contributed by atoms with E-state index in [2.05, 4.69) is 6.92 Å². The van der Waals surface area contributed by atoms with Crippen molar-refractivity contribution in [3.05, 3.63) is 16.3 Å². The average molecular weight is 212 g/mol. The van der Waals surface area contributed by atoms with E-state index in [4.69, 9.17) is 4.74 Å². The first-order chi connectivity index (χ1) is 6.79. The van der Waals surface area contributed by atoms with Crippen LogP contribution in [0.2, 0.25) is 0 Å². The first-order valence-corrected chi connectivity index (χ1v) is 5.91. The molecule has 0 spiro atoms. The molecular formula is C11H16O2S. The minimum Gasteiger partial charge on any atom is -0.492 e. The van der Waals surface area contributed by atoms with Crippen LogP contribution < -0.4 is 4.74 Å². The zero-order valence-electron chi connectivity index (χ0n) is 8.71. The first kappa shape index (κ1) is 11.2. The fourth-order valence-corrected chi connectivity index (χ4v) is 2.03. The molecule has 0 saturated heterocycles. The number of thiophene rings is 1. The van der Waals surface area contributed by atoms with Gasteiger partial charge in [-0.2, -0.15) is 0 Å². The van der Waals surface area contributed by atoms with Gasteiger partial charge in [0, 0.05) is 6.42 Å². The van der Waals surface area contributed by atoms with Crippen LogP contribution in [0.4, 0.5) is 0 Å². The number of carbonyl (C=O) groups is 1. The van der Waals surface area contributed by atoms with E-state index in [9.17, 15) is 4.79 Å². The van der Waals surface area contributed by atoms with E-state index >= 15 is 0 Å². The molecule has 1 rings (SSSR count). The summed E-state index contributed by atoms with van der Waals surface area (Å²) in [7, 11) is 0. The topological polar surface area (TPSA) is 26.3 Å². The Bertz CT molecular complexity index is 291. The highest BCUT2D eigenvalue weighted by atomic mass is 32.1. The van der Waals surface area contributed by atoms with Gasteiger partial charge in [-0.3, -0.25) is 4.79 Å². The summed E-state index contributed by atoms with van der Waals surface area (Å²) in [6.07, 6.45) is 2.65. The maximum absolute atomic E-state index is 11.7. The Morgan fingerprint density at radius 1 is 1.50 bits per heavy atom. The highest BCUT2D eigenvalue weighted by Gasteiger charge is 2.13. The summed E-state index contributed by atoms with van der Waals surface area (Å²) in [6, 6.07) is 1.87. The van der Waals surface area contributed by atoms with Crippen LogP contribution in [0.1, 0.15) is 42.8 Å². The molecule has 2 nitrogen and oxygen atoms in total. The lowest BCUT2D eigenvalue weighted by molar-refractivity contribution is 0.0980. The third kappa shape index (κ3) is 2.84. The van der Waals surface area contributed by atoms with E-state index in [0.717, 1.165) is 23.5 Å². The molecular weight excluding hydrogens is 196 g/mol. The van der Waals surface area contributed by atoms with Crippen molar-refractivity contribution in [1.82, 2.24) is 0 Å². The molecule has 0 amide bonds. The van der Waals surface area contributed by atoms with Crippen LogP contribution in [0, 0.1) is 0 Å². The molecule has 1 heterocycles. The molecule has 0 N–H and O–H groups in total. The van der Waals surface area contributed by atoms with Crippen molar-refractivity contribution in [2.24, 2.45) is 0 Å². The van der Waals surface area contributed by atoms with E-state index in [-0.39, 0.29) is 5.78 Å². The zero-order chi connectivity index (χ0) is 10.4. The van der Waals surface area contributed by atoms with Crippen molar-refractivity contribution >= 4 is 17.1 Å². The summed E-state index contributed by atoms with van der Waals surface area (Å²) in [4.78, 5) is 12.5. The van der Waals surface area contributed by atoms with Gasteiger partial charge in [0.25, 0.3) is 0 Å². The van der Waals surface area contributed by atoms with Gasteiger partial charge in [-0.15, -0.1) is 11.3 Å². The predicted molar refractivity (Wildman–Crippen MR) is 59.3 cm³/mol. The number of unbranched alkanes of at least 4 members (excludes halogenated alkanes) is 1. The zero-order valence-corrected chi connectivity index (χ0v) is 9.52. The molecule has 0 aliphatic carbocycles.